The number of aromatic nitrogens is 1. The normalized spacial score (nSPS) is 16.3. The third-order valence-corrected chi connectivity index (χ3v) is 5.12. The molecule has 4 rings (SSSR count). The first-order valence-electron chi connectivity index (χ1n) is 8.97. The minimum absolute atomic E-state index is 0.150. The van der Waals surface area contributed by atoms with E-state index in [0.717, 1.165) is 30.4 Å². The first-order valence-corrected chi connectivity index (χ1v) is 8.97. The number of amides is 2. The molecule has 1 aliphatic carbocycles. The summed E-state index contributed by atoms with van der Waals surface area (Å²) in [5.41, 5.74) is 8.69. The highest BCUT2D eigenvalue weighted by molar-refractivity contribution is 6.07. The van der Waals surface area contributed by atoms with E-state index < -0.39 is 5.91 Å². The van der Waals surface area contributed by atoms with Gasteiger partial charge < -0.3 is 15.5 Å². The quantitative estimate of drug-likeness (QED) is 0.918. The first-order chi connectivity index (χ1) is 12.5. The van der Waals surface area contributed by atoms with Crippen molar-refractivity contribution in [3.05, 3.63) is 53.3 Å². The third-order valence-electron chi connectivity index (χ3n) is 5.12. The Morgan fingerprint density at radius 3 is 2.58 bits per heavy atom. The molecular formula is C20H22N4O2. The number of hydrogen-bond acceptors (Lipinski definition) is 4. The molecule has 1 saturated carbocycles. The number of nitrogens with zero attached hydrogens (tertiary/aromatic N) is 3. The topological polar surface area (TPSA) is 79.5 Å². The number of carbonyl (C=O) groups is 2. The number of nitrogens with two attached hydrogens (primary N) is 1. The molecule has 1 aromatic heterocycles. The number of benzene rings is 1. The zero-order valence-corrected chi connectivity index (χ0v) is 14.8. The number of anilines is 2. The highest BCUT2D eigenvalue weighted by atomic mass is 16.2. The van der Waals surface area contributed by atoms with Gasteiger partial charge in [0, 0.05) is 25.8 Å². The summed E-state index contributed by atoms with van der Waals surface area (Å²) in [4.78, 5) is 32.8. The van der Waals surface area contributed by atoms with Crippen molar-refractivity contribution in [2.75, 3.05) is 29.4 Å². The summed E-state index contributed by atoms with van der Waals surface area (Å²) in [6, 6.07) is 9.66. The van der Waals surface area contributed by atoms with E-state index in [2.05, 4.69) is 16.0 Å². The van der Waals surface area contributed by atoms with Crippen LogP contribution in [0.4, 0.5) is 11.4 Å². The number of carbonyl (C=O) groups excluding carboxylic acids is 2. The smallest absolute Gasteiger partial charge is 0.276 e. The Bertz CT molecular complexity index is 876. The van der Waals surface area contributed by atoms with Crippen molar-refractivity contribution in [2.24, 2.45) is 11.7 Å². The predicted molar refractivity (Wildman–Crippen MR) is 101 cm³/mol. The van der Waals surface area contributed by atoms with Gasteiger partial charge in [-0.3, -0.25) is 14.6 Å². The Kier molecular flexibility index (Phi) is 4.11. The average molecular weight is 350 g/mol. The standard InChI is InChI=1S/C20H22N4O2/c1-13-10-16(22-11-15(13)19(21)25)20(26)24-9-8-23(12-14-6-7-14)17-4-2-3-5-18(17)24/h2-5,10-11,14H,6-9,12H2,1H3,(H2,21,25). The second kappa shape index (κ2) is 6.44. The van der Waals surface area contributed by atoms with E-state index >= 15 is 0 Å². The number of fused-ring (bicyclic) bond motifs is 1. The molecular weight excluding hydrogens is 328 g/mol. The fourth-order valence-corrected chi connectivity index (χ4v) is 3.50. The molecule has 2 N–H and O–H groups in total. The summed E-state index contributed by atoms with van der Waals surface area (Å²) in [5.74, 6) is 0.103. The number of para-hydroxylation sites is 2. The molecule has 2 heterocycles. The monoisotopic (exact) mass is 350 g/mol. The van der Waals surface area contributed by atoms with Crippen LogP contribution in [0.15, 0.2) is 36.5 Å². The SMILES string of the molecule is Cc1cc(C(=O)N2CCN(CC3CC3)c3ccccc32)ncc1C(N)=O. The summed E-state index contributed by atoms with van der Waals surface area (Å²) in [6.45, 7) is 4.27. The van der Waals surface area contributed by atoms with Crippen LogP contribution in [-0.2, 0) is 0 Å². The molecule has 6 heteroatoms. The molecule has 2 aliphatic rings. The predicted octanol–water partition coefficient (Wildman–Crippen LogP) is 2.37. The van der Waals surface area contributed by atoms with Crippen LogP contribution < -0.4 is 15.5 Å². The minimum atomic E-state index is -0.534. The van der Waals surface area contributed by atoms with Crippen LogP contribution in [0.1, 0.15) is 39.3 Å². The van der Waals surface area contributed by atoms with E-state index in [-0.39, 0.29) is 5.91 Å². The molecule has 2 aromatic rings. The van der Waals surface area contributed by atoms with Crippen molar-refractivity contribution in [1.82, 2.24) is 4.98 Å². The molecule has 0 atom stereocenters. The lowest BCUT2D eigenvalue weighted by Crippen LogP contribution is -2.45. The molecule has 1 aliphatic heterocycles. The van der Waals surface area contributed by atoms with Crippen molar-refractivity contribution in [3.8, 4) is 0 Å². The molecule has 134 valence electrons. The van der Waals surface area contributed by atoms with Crippen LogP contribution >= 0.6 is 0 Å². The molecule has 6 nitrogen and oxygen atoms in total. The minimum Gasteiger partial charge on any atom is -0.368 e. The van der Waals surface area contributed by atoms with Crippen LogP contribution in [0.5, 0.6) is 0 Å². The second-order valence-corrected chi connectivity index (χ2v) is 7.08. The molecule has 0 radical (unpaired) electrons. The largest absolute Gasteiger partial charge is 0.368 e. The van der Waals surface area contributed by atoms with Gasteiger partial charge in [0.25, 0.3) is 11.8 Å². The third kappa shape index (κ3) is 3.03. The van der Waals surface area contributed by atoms with Gasteiger partial charge in [-0.1, -0.05) is 12.1 Å². The lowest BCUT2D eigenvalue weighted by molar-refractivity contribution is 0.0974. The number of primary amides is 1. The molecule has 0 saturated heterocycles. The summed E-state index contributed by atoms with van der Waals surface area (Å²) >= 11 is 0. The van der Waals surface area contributed by atoms with Crippen LogP contribution in [-0.4, -0.2) is 36.4 Å². The van der Waals surface area contributed by atoms with Gasteiger partial charge in [-0.25, -0.2) is 0 Å². The molecule has 0 unspecified atom stereocenters. The van der Waals surface area contributed by atoms with Gasteiger partial charge in [0.05, 0.1) is 16.9 Å². The molecule has 0 bridgehead atoms. The van der Waals surface area contributed by atoms with Gasteiger partial charge in [0.2, 0.25) is 0 Å². The first kappa shape index (κ1) is 16.6. The molecule has 0 spiro atoms. The maximum absolute atomic E-state index is 13.1. The molecule has 26 heavy (non-hydrogen) atoms. The Hall–Kier alpha value is -2.89. The van der Waals surface area contributed by atoms with E-state index in [1.807, 2.05) is 18.2 Å². The highest BCUT2D eigenvalue weighted by Crippen LogP contribution is 2.37. The summed E-state index contributed by atoms with van der Waals surface area (Å²) in [5, 5.41) is 0. The van der Waals surface area contributed by atoms with Crippen molar-refractivity contribution in [1.29, 1.82) is 0 Å². The van der Waals surface area contributed by atoms with E-state index in [1.165, 1.54) is 19.0 Å². The van der Waals surface area contributed by atoms with Gasteiger partial charge in [-0.2, -0.15) is 0 Å². The Morgan fingerprint density at radius 2 is 1.92 bits per heavy atom. The van der Waals surface area contributed by atoms with Crippen LogP contribution in [0.3, 0.4) is 0 Å². The Morgan fingerprint density at radius 1 is 1.19 bits per heavy atom. The maximum Gasteiger partial charge on any atom is 0.276 e. The van der Waals surface area contributed by atoms with E-state index in [0.29, 0.717) is 23.4 Å². The fraction of sp³-hybridized carbons (Fsp3) is 0.350. The molecule has 1 aromatic carbocycles. The summed E-state index contributed by atoms with van der Waals surface area (Å²) in [7, 11) is 0. The van der Waals surface area contributed by atoms with Gasteiger partial charge >= 0.3 is 0 Å². The highest BCUT2D eigenvalue weighted by Gasteiger charge is 2.31. The number of aryl methyl sites for hydroxylation is 1. The van der Waals surface area contributed by atoms with Gasteiger partial charge in [-0.05, 0) is 49.4 Å². The Labute approximate surface area is 152 Å². The summed E-state index contributed by atoms with van der Waals surface area (Å²) < 4.78 is 0. The zero-order valence-electron chi connectivity index (χ0n) is 14.8. The fourth-order valence-electron chi connectivity index (χ4n) is 3.50. The van der Waals surface area contributed by atoms with Gasteiger partial charge in [-0.15, -0.1) is 0 Å². The maximum atomic E-state index is 13.1. The van der Waals surface area contributed by atoms with Crippen molar-refractivity contribution < 1.29 is 9.59 Å². The van der Waals surface area contributed by atoms with Crippen LogP contribution in [0, 0.1) is 12.8 Å². The van der Waals surface area contributed by atoms with Crippen LogP contribution in [0.25, 0.3) is 0 Å². The second-order valence-electron chi connectivity index (χ2n) is 7.08. The summed E-state index contributed by atoms with van der Waals surface area (Å²) in [6.07, 6.45) is 3.99. The average Bonchev–Trinajstić information content (AvgIpc) is 3.45. The lowest BCUT2D eigenvalue weighted by Gasteiger charge is -2.37. The Balaban J connectivity index is 1.63. The molecule has 1 fully saturated rings. The number of rotatable bonds is 4. The van der Waals surface area contributed by atoms with Crippen molar-refractivity contribution in [3.63, 3.8) is 0 Å². The van der Waals surface area contributed by atoms with E-state index in [4.69, 9.17) is 5.73 Å². The van der Waals surface area contributed by atoms with Gasteiger partial charge in [0.1, 0.15) is 5.69 Å². The lowest BCUT2D eigenvalue weighted by atomic mass is 10.1. The van der Waals surface area contributed by atoms with Crippen molar-refractivity contribution >= 4 is 23.2 Å². The van der Waals surface area contributed by atoms with Gasteiger partial charge in [0.15, 0.2) is 0 Å². The number of pyridine rings is 1. The van der Waals surface area contributed by atoms with E-state index in [1.54, 1.807) is 17.9 Å². The van der Waals surface area contributed by atoms with Crippen LogP contribution in [0.2, 0.25) is 0 Å². The molecule has 2 amide bonds. The van der Waals surface area contributed by atoms with Crippen molar-refractivity contribution in [2.45, 2.75) is 19.8 Å². The number of hydrogen-bond donors (Lipinski definition) is 1. The van der Waals surface area contributed by atoms with E-state index in [9.17, 15) is 9.59 Å². The zero-order chi connectivity index (χ0) is 18.3.